The van der Waals surface area contributed by atoms with Crippen LogP contribution in [0.3, 0.4) is 0 Å². The molecular formula is C22H22N2O5. The summed E-state index contributed by atoms with van der Waals surface area (Å²) in [6, 6.07) is 11.0. The van der Waals surface area contributed by atoms with E-state index in [9.17, 15) is 19.2 Å². The average molecular weight is 394 g/mol. The standard InChI is InChI=1S/C22H22N2O5/c1-3-4-11-24-20(26)17-10-7-15(12-18(17)21(24)27)19(25)23-16-8-5-14(6-9-16)13(2)22(28)29/h5-10,12-13H,3-4,11H2,1-2H3,(H,23,25)(H,28,29). The molecule has 29 heavy (non-hydrogen) atoms. The van der Waals surface area contributed by atoms with E-state index in [2.05, 4.69) is 5.32 Å². The lowest BCUT2D eigenvalue weighted by molar-refractivity contribution is -0.138. The average Bonchev–Trinajstić information content (AvgIpc) is 2.96. The zero-order valence-corrected chi connectivity index (χ0v) is 16.3. The van der Waals surface area contributed by atoms with Gasteiger partial charge in [-0.3, -0.25) is 24.1 Å². The molecule has 1 atom stereocenters. The van der Waals surface area contributed by atoms with Gasteiger partial charge in [-0.2, -0.15) is 0 Å². The van der Waals surface area contributed by atoms with Crippen molar-refractivity contribution in [1.82, 2.24) is 4.90 Å². The Balaban J connectivity index is 1.75. The number of imide groups is 1. The number of unbranched alkanes of at least 4 members (excludes halogenated alkanes) is 1. The summed E-state index contributed by atoms with van der Waals surface area (Å²) in [5, 5.41) is 11.8. The molecule has 150 valence electrons. The van der Waals surface area contributed by atoms with Gasteiger partial charge in [-0.15, -0.1) is 0 Å². The van der Waals surface area contributed by atoms with Gasteiger partial charge >= 0.3 is 5.97 Å². The number of hydrogen-bond donors (Lipinski definition) is 2. The second-order valence-corrected chi connectivity index (χ2v) is 7.01. The van der Waals surface area contributed by atoms with Crippen LogP contribution in [0.2, 0.25) is 0 Å². The van der Waals surface area contributed by atoms with Crippen molar-refractivity contribution in [3.63, 3.8) is 0 Å². The number of carboxylic acids is 1. The van der Waals surface area contributed by atoms with E-state index >= 15 is 0 Å². The minimum atomic E-state index is -0.924. The van der Waals surface area contributed by atoms with Crippen LogP contribution < -0.4 is 5.32 Å². The van der Waals surface area contributed by atoms with Crippen molar-refractivity contribution in [2.24, 2.45) is 0 Å². The molecule has 0 saturated carbocycles. The minimum Gasteiger partial charge on any atom is -0.481 e. The van der Waals surface area contributed by atoms with Crippen LogP contribution in [-0.2, 0) is 4.79 Å². The molecule has 2 N–H and O–H groups in total. The van der Waals surface area contributed by atoms with Crippen LogP contribution in [-0.4, -0.2) is 40.2 Å². The van der Waals surface area contributed by atoms with Gasteiger partial charge in [-0.05, 0) is 49.2 Å². The molecule has 1 heterocycles. The zero-order chi connectivity index (χ0) is 21.1. The predicted molar refractivity (Wildman–Crippen MR) is 107 cm³/mol. The molecule has 2 aromatic rings. The number of carboxylic acid groups (broad SMARTS) is 1. The lowest BCUT2D eigenvalue weighted by Gasteiger charge is -2.12. The number of nitrogens with zero attached hydrogens (tertiary/aromatic N) is 1. The smallest absolute Gasteiger partial charge is 0.310 e. The summed E-state index contributed by atoms with van der Waals surface area (Å²) in [6.07, 6.45) is 1.60. The van der Waals surface area contributed by atoms with Gasteiger partial charge in [0.05, 0.1) is 17.0 Å². The van der Waals surface area contributed by atoms with Crippen LogP contribution in [0.15, 0.2) is 42.5 Å². The van der Waals surface area contributed by atoms with Crippen molar-refractivity contribution >= 4 is 29.4 Å². The number of fused-ring (bicyclic) bond motifs is 1. The van der Waals surface area contributed by atoms with Crippen LogP contribution in [0.4, 0.5) is 5.69 Å². The number of carbonyl (C=O) groups is 4. The Hall–Kier alpha value is -3.48. The van der Waals surface area contributed by atoms with Crippen molar-refractivity contribution in [3.8, 4) is 0 Å². The molecule has 1 aliphatic rings. The molecule has 1 aliphatic heterocycles. The highest BCUT2D eigenvalue weighted by Gasteiger charge is 2.35. The molecular weight excluding hydrogens is 372 g/mol. The van der Waals surface area contributed by atoms with Gasteiger partial charge in [0.15, 0.2) is 0 Å². The fourth-order valence-corrected chi connectivity index (χ4v) is 3.15. The molecule has 0 radical (unpaired) electrons. The Labute approximate surface area is 168 Å². The van der Waals surface area contributed by atoms with Crippen molar-refractivity contribution < 1.29 is 24.3 Å². The zero-order valence-electron chi connectivity index (χ0n) is 16.3. The van der Waals surface area contributed by atoms with Gasteiger partial charge < -0.3 is 10.4 Å². The van der Waals surface area contributed by atoms with E-state index in [1.165, 1.54) is 23.1 Å². The lowest BCUT2D eigenvalue weighted by atomic mass is 10.0. The summed E-state index contributed by atoms with van der Waals surface area (Å²) < 4.78 is 0. The maximum atomic E-state index is 12.6. The Morgan fingerprint density at radius 2 is 1.69 bits per heavy atom. The first-order chi connectivity index (χ1) is 13.8. The quantitative estimate of drug-likeness (QED) is 0.699. The van der Waals surface area contributed by atoms with Crippen LogP contribution >= 0.6 is 0 Å². The van der Waals surface area contributed by atoms with E-state index < -0.39 is 17.8 Å². The highest BCUT2D eigenvalue weighted by molar-refractivity contribution is 6.22. The van der Waals surface area contributed by atoms with Crippen LogP contribution in [0.1, 0.15) is 69.2 Å². The minimum absolute atomic E-state index is 0.240. The summed E-state index contributed by atoms with van der Waals surface area (Å²) in [5.74, 6) is -2.68. The van der Waals surface area contributed by atoms with Gasteiger partial charge in [-0.25, -0.2) is 0 Å². The third-order valence-electron chi connectivity index (χ3n) is 5.01. The second-order valence-electron chi connectivity index (χ2n) is 7.01. The van der Waals surface area contributed by atoms with Gasteiger partial charge in [-0.1, -0.05) is 25.5 Å². The first kappa shape index (κ1) is 20.3. The maximum Gasteiger partial charge on any atom is 0.310 e. The summed E-state index contributed by atoms with van der Waals surface area (Å²) >= 11 is 0. The first-order valence-corrected chi connectivity index (χ1v) is 9.47. The third-order valence-corrected chi connectivity index (χ3v) is 5.01. The summed E-state index contributed by atoms with van der Waals surface area (Å²) in [4.78, 5) is 49.7. The molecule has 7 heteroatoms. The number of anilines is 1. The molecule has 0 aromatic heterocycles. The highest BCUT2D eigenvalue weighted by Crippen LogP contribution is 2.25. The molecule has 0 bridgehead atoms. The summed E-state index contributed by atoms with van der Waals surface area (Å²) in [7, 11) is 0. The van der Waals surface area contributed by atoms with E-state index in [4.69, 9.17) is 5.11 Å². The van der Waals surface area contributed by atoms with E-state index in [-0.39, 0.29) is 22.9 Å². The van der Waals surface area contributed by atoms with E-state index in [1.807, 2.05) is 6.92 Å². The molecule has 7 nitrogen and oxygen atoms in total. The van der Waals surface area contributed by atoms with Gasteiger partial charge in [0.2, 0.25) is 0 Å². The highest BCUT2D eigenvalue weighted by atomic mass is 16.4. The number of benzene rings is 2. The molecule has 3 amide bonds. The van der Waals surface area contributed by atoms with Crippen LogP contribution in [0.25, 0.3) is 0 Å². The summed E-state index contributed by atoms with van der Waals surface area (Å²) in [5.41, 5.74) is 1.96. The molecule has 0 saturated heterocycles. The summed E-state index contributed by atoms with van der Waals surface area (Å²) in [6.45, 7) is 3.93. The lowest BCUT2D eigenvalue weighted by Crippen LogP contribution is -2.30. The Morgan fingerprint density at radius 3 is 2.31 bits per heavy atom. The fourth-order valence-electron chi connectivity index (χ4n) is 3.15. The van der Waals surface area contributed by atoms with Crippen LogP contribution in [0.5, 0.6) is 0 Å². The molecule has 2 aromatic carbocycles. The molecule has 3 rings (SSSR count). The number of nitrogens with one attached hydrogen (secondary N) is 1. The molecule has 1 unspecified atom stereocenters. The number of carbonyl (C=O) groups excluding carboxylic acids is 3. The largest absolute Gasteiger partial charge is 0.481 e. The van der Waals surface area contributed by atoms with E-state index in [1.54, 1.807) is 31.2 Å². The maximum absolute atomic E-state index is 12.6. The predicted octanol–water partition coefficient (Wildman–Crippen LogP) is 3.52. The molecule has 0 aliphatic carbocycles. The normalized spacial score (nSPS) is 13.9. The number of hydrogen-bond acceptors (Lipinski definition) is 4. The van der Waals surface area contributed by atoms with Crippen molar-refractivity contribution in [2.45, 2.75) is 32.6 Å². The van der Waals surface area contributed by atoms with Gasteiger partial charge in [0, 0.05) is 17.8 Å². The Bertz CT molecular complexity index is 981. The van der Waals surface area contributed by atoms with Crippen molar-refractivity contribution in [3.05, 3.63) is 64.7 Å². The van der Waals surface area contributed by atoms with Crippen molar-refractivity contribution in [1.29, 1.82) is 0 Å². The third kappa shape index (κ3) is 4.03. The molecule has 0 spiro atoms. The number of rotatable bonds is 7. The van der Waals surface area contributed by atoms with Crippen molar-refractivity contribution in [2.75, 3.05) is 11.9 Å². The Kier molecular flexibility index (Phi) is 5.77. The van der Waals surface area contributed by atoms with Gasteiger partial charge in [0.25, 0.3) is 17.7 Å². The Morgan fingerprint density at radius 1 is 1.03 bits per heavy atom. The first-order valence-electron chi connectivity index (χ1n) is 9.47. The monoisotopic (exact) mass is 394 g/mol. The SMILES string of the molecule is CCCCN1C(=O)c2ccc(C(=O)Nc3ccc(C(C)C(=O)O)cc3)cc2C1=O. The second kappa shape index (κ2) is 8.26. The number of amides is 3. The topological polar surface area (TPSA) is 104 Å². The fraction of sp³-hybridized carbons (Fsp3) is 0.273. The van der Waals surface area contributed by atoms with Crippen LogP contribution in [0, 0.1) is 0 Å². The molecule has 0 fully saturated rings. The van der Waals surface area contributed by atoms with E-state index in [0.29, 0.717) is 23.4 Å². The van der Waals surface area contributed by atoms with E-state index in [0.717, 1.165) is 12.8 Å². The number of aliphatic carboxylic acids is 1. The van der Waals surface area contributed by atoms with Gasteiger partial charge in [0.1, 0.15) is 0 Å².